The Balaban J connectivity index is 1.59. The zero-order chi connectivity index (χ0) is 25.1. The Bertz CT molecular complexity index is 1410. The normalized spacial score (nSPS) is 20.1. The number of nitrogens with zero attached hydrogens (tertiary/aromatic N) is 2. The molecule has 4 rings (SSSR count). The molecule has 0 saturated heterocycles. The lowest BCUT2D eigenvalue weighted by atomic mass is 9.81. The van der Waals surface area contributed by atoms with E-state index in [1.54, 1.807) is 12.1 Å². The largest absolute Gasteiger partial charge is 0.347 e. The van der Waals surface area contributed by atoms with Crippen LogP contribution in [0.3, 0.4) is 0 Å². The first-order chi connectivity index (χ1) is 15.8. The van der Waals surface area contributed by atoms with Crippen LogP contribution in [0.2, 0.25) is 0 Å². The van der Waals surface area contributed by atoms with Gasteiger partial charge in [0.2, 0.25) is 5.69 Å². The van der Waals surface area contributed by atoms with Crippen molar-refractivity contribution in [2.24, 2.45) is 0 Å². The molecule has 0 fully saturated rings. The highest BCUT2D eigenvalue weighted by atomic mass is 32.2. The number of benzene rings is 2. The summed E-state index contributed by atoms with van der Waals surface area (Å²) in [4.78, 5) is 2.18. The van der Waals surface area contributed by atoms with Gasteiger partial charge in [-0.15, -0.1) is 0 Å². The molecule has 0 spiro atoms. The minimum atomic E-state index is -4.25. The Morgan fingerprint density at radius 3 is 2.32 bits per heavy atom. The van der Waals surface area contributed by atoms with E-state index in [9.17, 15) is 13.0 Å². The Kier molecular flexibility index (Phi) is 5.74. The highest BCUT2D eigenvalue weighted by Crippen LogP contribution is 2.47. The van der Waals surface area contributed by atoms with Gasteiger partial charge in [-0.3, -0.25) is 4.55 Å². The van der Waals surface area contributed by atoms with Gasteiger partial charge in [-0.25, -0.2) is 0 Å². The van der Waals surface area contributed by atoms with Gasteiger partial charge < -0.3 is 4.90 Å². The van der Waals surface area contributed by atoms with E-state index in [0.717, 1.165) is 17.0 Å². The number of anilines is 1. The summed E-state index contributed by atoms with van der Waals surface area (Å²) in [5.41, 5.74) is 7.49. The first kappa shape index (κ1) is 24.2. The Labute approximate surface area is 203 Å². The lowest BCUT2D eigenvalue weighted by molar-refractivity contribution is -0.401. The Hall–Kier alpha value is -2.96. The van der Waals surface area contributed by atoms with Crippen LogP contribution in [0.1, 0.15) is 44.4 Å². The summed E-state index contributed by atoms with van der Waals surface area (Å²) in [6, 6.07) is 11.4. The fraction of sp³-hybridized carbons (Fsp3) is 0.321. The van der Waals surface area contributed by atoms with E-state index in [-0.39, 0.29) is 10.3 Å². The van der Waals surface area contributed by atoms with E-state index in [0.29, 0.717) is 0 Å². The molecule has 2 heterocycles. The van der Waals surface area contributed by atoms with Gasteiger partial charge >= 0.3 is 0 Å². The zero-order valence-electron chi connectivity index (χ0n) is 20.9. The summed E-state index contributed by atoms with van der Waals surface area (Å²) < 4.78 is 34.8. The highest BCUT2D eigenvalue weighted by molar-refractivity contribution is 7.85. The molecule has 2 aromatic carbocycles. The van der Waals surface area contributed by atoms with Crippen molar-refractivity contribution in [1.29, 1.82) is 0 Å². The number of hydrogen-bond acceptors (Lipinski definition) is 3. The maximum Gasteiger partial charge on any atom is 0.294 e. The molecule has 0 aromatic heterocycles. The molecular weight excluding hydrogens is 444 g/mol. The number of aryl methyl sites for hydroxylation is 1. The third kappa shape index (κ3) is 3.85. The van der Waals surface area contributed by atoms with Gasteiger partial charge in [0.1, 0.15) is 7.05 Å². The number of hydrogen-bond donors (Lipinski definition) is 1. The number of likely N-dealkylation sites (N-methyl/N-ethyl adjacent to an activating group) is 1. The lowest BCUT2D eigenvalue weighted by Crippen LogP contribution is -2.26. The molecule has 0 amide bonds. The van der Waals surface area contributed by atoms with E-state index < -0.39 is 15.5 Å². The zero-order valence-corrected chi connectivity index (χ0v) is 21.7. The van der Waals surface area contributed by atoms with Crippen LogP contribution < -0.4 is 4.90 Å². The maximum absolute atomic E-state index is 11.6. The van der Waals surface area contributed by atoms with Crippen LogP contribution >= 0.6 is 0 Å². The fourth-order valence-electron chi connectivity index (χ4n) is 5.28. The smallest absolute Gasteiger partial charge is 0.294 e. The van der Waals surface area contributed by atoms with Gasteiger partial charge in [0.25, 0.3) is 10.1 Å². The van der Waals surface area contributed by atoms with Crippen LogP contribution in [-0.2, 0) is 20.9 Å². The molecule has 2 aliphatic heterocycles. The number of allylic oxidation sites excluding steroid dienone is 6. The van der Waals surface area contributed by atoms with E-state index in [4.69, 9.17) is 0 Å². The molecule has 5 nitrogen and oxygen atoms in total. The molecule has 0 unspecified atom stereocenters. The van der Waals surface area contributed by atoms with Crippen molar-refractivity contribution in [2.75, 3.05) is 19.0 Å². The average molecular weight is 478 g/mol. The predicted octanol–water partition coefficient (Wildman–Crippen LogP) is 5.67. The SMILES string of the molecule is Cc1ccc2c(c1)C(C)(C)C(=CC=CC=CC1=[N+](C)c3ccc(S(=O)(=O)O)cc3C1(C)C)N2C. The molecule has 0 aliphatic carbocycles. The second-order valence-electron chi connectivity index (χ2n) is 10.2. The first-order valence-electron chi connectivity index (χ1n) is 11.4. The van der Waals surface area contributed by atoms with Gasteiger partial charge in [0.05, 0.1) is 10.3 Å². The molecule has 2 aromatic rings. The Morgan fingerprint density at radius 2 is 1.65 bits per heavy atom. The van der Waals surface area contributed by atoms with Crippen molar-refractivity contribution < 1.29 is 17.5 Å². The minimum Gasteiger partial charge on any atom is -0.347 e. The number of fused-ring (bicyclic) bond motifs is 2. The molecule has 0 saturated carbocycles. The van der Waals surface area contributed by atoms with Crippen LogP contribution in [0.4, 0.5) is 11.4 Å². The van der Waals surface area contributed by atoms with Crippen LogP contribution in [0.5, 0.6) is 0 Å². The molecule has 0 bridgehead atoms. The summed E-state index contributed by atoms with van der Waals surface area (Å²) in [5.74, 6) is 0. The van der Waals surface area contributed by atoms with Gasteiger partial charge in [0.15, 0.2) is 5.71 Å². The third-order valence-electron chi connectivity index (χ3n) is 7.22. The van der Waals surface area contributed by atoms with Gasteiger partial charge in [0, 0.05) is 41.6 Å². The van der Waals surface area contributed by atoms with Crippen molar-refractivity contribution in [3.63, 3.8) is 0 Å². The van der Waals surface area contributed by atoms with Gasteiger partial charge in [-0.05, 0) is 50.6 Å². The molecule has 0 atom stereocenters. The summed E-state index contributed by atoms with van der Waals surface area (Å²) in [6.07, 6.45) is 10.3. The lowest BCUT2D eigenvalue weighted by Gasteiger charge is -2.23. The van der Waals surface area contributed by atoms with Crippen LogP contribution in [-0.4, -0.2) is 37.4 Å². The van der Waals surface area contributed by atoms with E-state index >= 15 is 0 Å². The average Bonchev–Trinajstić information content (AvgIpc) is 3.06. The summed E-state index contributed by atoms with van der Waals surface area (Å²) in [7, 11) is -0.159. The van der Waals surface area contributed by atoms with Crippen LogP contribution in [0.25, 0.3) is 0 Å². The standard InChI is InChI=1S/C28H32N2O3S/c1-19-13-15-23-21(17-19)27(2,3)25(29(23)6)11-9-8-10-12-26-28(4,5)22-18-20(34(31,32)33)14-16-24(22)30(26)7/h8-18H,1-7H3/p+1. The first-order valence-corrected chi connectivity index (χ1v) is 12.8. The van der Waals surface area contributed by atoms with Crippen LogP contribution in [0.15, 0.2) is 77.4 Å². The number of rotatable bonds is 4. The molecule has 0 radical (unpaired) electrons. The second kappa shape index (κ2) is 8.07. The van der Waals surface area contributed by atoms with Crippen molar-refractivity contribution in [2.45, 2.75) is 50.3 Å². The molecule has 2 aliphatic rings. The van der Waals surface area contributed by atoms with E-state index in [1.165, 1.54) is 28.6 Å². The van der Waals surface area contributed by atoms with Gasteiger partial charge in [-0.1, -0.05) is 49.8 Å². The Morgan fingerprint density at radius 1 is 0.941 bits per heavy atom. The summed E-state index contributed by atoms with van der Waals surface area (Å²) >= 11 is 0. The van der Waals surface area contributed by atoms with Crippen LogP contribution in [0, 0.1) is 6.92 Å². The quantitative estimate of drug-likeness (QED) is 0.350. The summed E-state index contributed by atoms with van der Waals surface area (Å²) in [6.45, 7) is 10.8. The maximum atomic E-state index is 11.6. The van der Waals surface area contributed by atoms with E-state index in [2.05, 4.69) is 87.6 Å². The minimum absolute atomic E-state index is 0.0705. The monoisotopic (exact) mass is 477 g/mol. The molecule has 6 heteroatoms. The summed E-state index contributed by atoms with van der Waals surface area (Å²) in [5, 5.41) is 0. The topological polar surface area (TPSA) is 60.6 Å². The van der Waals surface area contributed by atoms with Gasteiger partial charge in [-0.2, -0.15) is 13.0 Å². The van der Waals surface area contributed by atoms with Crippen molar-refractivity contribution in [3.05, 3.63) is 89.2 Å². The molecule has 34 heavy (non-hydrogen) atoms. The van der Waals surface area contributed by atoms with Crippen molar-refractivity contribution in [3.8, 4) is 0 Å². The predicted molar refractivity (Wildman–Crippen MR) is 139 cm³/mol. The molecule has 1 N–H and O–H groups in total. The highest BCUT2D eigenvalue weighted by Gasteiger charge is 2.43. The molecular formula is C28H33N2O3S+. The van der Waals surface area contributed by atoms with Crippen molar-refractivity contribution in [1.82, 2.24) is 0 Å². The fourth-order valence-corrected chi connectivity index (χ4v) is 5.79. The third-order valence-corrected chi connectivity index (χ3v) is 8.07. The van der Waals surface area contributed by atoms with E-state index in [1.807, 2.05) is 19.2 Å². The second-order valence-corrected chi connectivity index (χ2v) is 11.6. The molecule has 178 valence electrons. The van der Waals surface area contributed by atoms with Crippen molar-refractivity contribution >= 4 is 27.2 Å².